The highest BCUT2D eigenvalue weighted by molar-refractivity contribution is 6.00. The first-order chi connectivity index (χ1) is 21.6. The van der Waals surface area contributed by atoms with Crippen molar-refractivity contribution in [3.05, 3.63) is 71.9 Å². The van der Waals surface area contributed by atoms with E-state index >= 15 is 0 Å². The summed E-state index contributed by atoms with van der Waals surface area (Å²) in [5.74, 6) is 0.254. The molecule has 1 aliphatic carbocycles. The second-order valence-corrected chi connectivity index (χ2v) is 12.3. The van der Waals surface area contributed by atoms with Gasteiger partial charge in [0, 0.05) is 75.7 Å². The number of halogens is 1. The number of nitrogens with zero attached hydrogens (tertiary/aromatic N) is 6. The van der Waals surface area contributed by atoms with Crippen LogP contribution in [0, 0.1) is 5.82 Å². The molecule has 0 atom stereocenters. The lowest BCUT2D eigenvalue weighted by Crippen LogP contribution is -2.51. The molecule has 1 saturated carbocycles. The highest BCUT2D eigenvalue weighted by Crippen LogP contribution is 2.38. The summed E-state index contributed by atoms with van der Waals surface area (Å²) >= 11 is 0. The molecule has 10 heteroatoms. The number of benzene rings is 2. The average Bonchev–Trinajstić information content (AvgIpc) is 3.64. The standard InChI is InChI=1S/C34H41FN8O/c1-44-18-4-13-41-14-16-42(17-15-41)27-9-11-28(12-10-27)43-34-31(33(36)37-22-38-34)32(40-43)25-8-7-24-20-26(39-30(24)21-25)19-23-5-2-3-6-29(23)35/h2-3,5-8,20-22,27-28,39H,4,9-19H2,1H3,(H2,36,37,38)/t27-,28-. The van der Waals surface area contributed by atoms with Gasteiger partial charge in [-0.3, -0.25) is 4.90 Å². The first-order valence-electron chi connectivity index (χ1n) is 15.9. The van der Waals surface area contributed by atoms with E-state index in [4.69, 9.17) is 15.6 Å². The molecule has 1 saturated heterocycles. The average molecular weight is 597 g/mol. The van der Waals surface area contributed by atoms with E-state index in [2.05, 4.69) is 53.7 Å². The van der Waals surface area contributed by atoms with Crippen molar-refractivity contribution in [2.24, 2.45) is 0 Å². The Morgan fingerprint density at radius 1 is 0.977 bits per heavy atom. The van der Waals surface area contributed by atoms with Gasteiger partial charge in [0.15, 0.2) is 5.65 Å². The normalized spacial score (nSPS) is 20.1. The third kappa shape index (κ3) is 5.81. The Labute approximate surface area is 257 Å². The maximum absolute atomic E-state index is 14.3. The molecular formula is C34H41FN8O. The Bertz CT molecular complexity index is 1730. The van der Waals surface area contributed by atoms with Gasteiger partial charge in [0.2, 0.25) is 0 Å². The number of aromatic amines is 1. The zero-order valence-corrected chi connectivity index (χ0v) is 25.4. The number of H-pyrrole nitrogens is 1. The Morgan fingerprint density at radius 3 is 2.57 bits per heavy atom. The number of nitrogens with two attached hydrogens (primary N) is 1. The quantitative estimate of drug-likeness (QED) is 0.219. The molecule has 5 aromatic rings. The van der Waals surface area contributed by atoms with Crippen LogP contribution in [0.15, 0.2) is 54.9 Å². The van der Waals surface area contributed by atoms with Crippen molar-refractivity contribution < 1.29 is 9.13 Å². The van der Waals surface area contributed by atoms with Crippen molar-refractivity contribution in [3.63, 3.8) is 0 Å². The van der Waals surface area contributed by atoms with Crippen LogP contribution in [-0.2, 0) is 11.2 Å². The molecular weight excluding hydrogens is 555 g/mol. The number of ether oxygens (including phenoxy) is 1. The largest absolute Gasteiger partial charge is 0.385 e. The molecule has 3 N–H and O–H groups in total. The van der Waals surface area contributed by atoms with E-state index in [9.17, 15) is 4.39 Å². The van der Waals surface area contributed by atoms with Crippen molar-refractivity contribution in [1.29, 1.82) is 0 Å². The summed E-state index contributed by atoms with van der Waals surface area (Å²) in [6, 6.07) is 16.2. The van der Waals surface area contributed by atoms with Crippen LogP contribution in [-0.4, -0.2) is 87.0 Å². The minimum Gasteiger partial charge on any atom is -0.385 e. The van der Waals surface area contributed by atoms with Crippen LogP contribution in [0.2, 0.25) is 0 Å². The molecule has 0 radical (unpaired) electrons. The topological polar surface area (TPSA) is 101 Å². The molecule has 2 fully saturated rings. The van der Waals surface area contributed by atoms with Crippen LogP contribution in [0.1, 0.15) is 49.4 Å². The van der Waals surface area contributed by atoms with Gasteiger partial charge in [-0.25, -0.2) is 19.0 Å². The van der Waals surface area contributed by atoms with E-state index in [0.29, 0.717) is 23.8 Å². The summed E-state index contributed by atoms with van der Waals surface area (Å²) in [5, 5.41) is 7.03. The fraction of sp³-hybridized carbons (Fsp3) is 0.441. The highest BCUT2D eigenvalue weighted by atomic mass is 19.1. The maximum Gasteiger partial charge on any atom is 0.164 e. The summed E-state index contributed by atoms with van der Waals surface area (Å²) in [5.41, 5.74) is 11.6. The number of piperazine rings is 1. The van der Waals surface area contributed by atoms with E-state index in [1.165, 1.54) is 6.07 Å². The molecule has 2 aliphatic rings. The molecule has 0 bridgehead atoms. The SMILES string of the molecule is COCCCN1CCN([C@H]2CC[C@H](n3nc(-c4ccc5cc(Cc6ccccc6F)[nH]c5c4)c4c(N)ncnc43)CC2)CC1. The van der Waals surface area contributed by atoms with Gasteiger partial charge in [0.25, 0.3) is 0 Å². The molecule has 230 valence electrons. The smallest absolute Gasteiger partial charge is 0.164 e. The Hall–Kier alpha value is -3.86. The summed E-state index contributed by atoms with van der Waals surface area (Å²) in [4.78, 5) is 17.8. The van der Waals surface area contributed by atoms with Gasteiger partial charge >= 0.3 is 0 Å². The summed E-state index contributed by atoms with van der Waals surface area (Å²) in [6.07, 6.45) is 7.59. The minimum atomic E-state index is -0.190. The van der Waals surface area contributed by atoms with Gasteiger partial charge in [0.1, 0.15) is 23.7 Å². The fourth-order valence-corrected chi connectivity index (χ4v) is 7.18. The van der Waals surface area contributed by atoms with Crippen LogP contribution >= 0.6 is 0 Å². The monoisotopic (exact) mass is 596 g/mol. The molecule has 1 aliphatic heterocycles. The van der Waals surface area contributed by atoms with Gasteiger partial charge in [-0.15, -0.1) is 0 Å². The van der Waals surface area contributed by atoms with Crippen LogP contribution < -0.4 is 5.73 Å². The van der Waals surface area contributed by atoms with E-state index in [0.717, 1.165) is 110 Å². The molecule has 44 heavy (non-hydrogen) atoms. The number of hydrogen-bond acceptors (Lipinski definition) is 7. The number of nitrogen functional groups attached to an aromatic ring is 1. The molecule has 0 amide bonds. The number of anilines is 1. The third-order valence-electron chi connectivity index (χ3n) is 9.57. The maximum atomic E-state index is 14.3. The van der Waals surface area contributed by atoms with Gasteiger partial charge in [-0.2, -0.15) is 5.10 Å². The van der Waals surface area contributed by atoms with Crippen LogP contribution in [0.5, 0.6) is 0 Å². The highest BCUT2D eigenvalue weighted by Gasteiger charge is 2.31. The van der Waals surface area contributed by atoms with Crippen LogP contribution in [0.3, 0.4) is 0 Å². The van der Waals surface area contributed by atoms with Gasteiger partial charge in [-0.1, -0.05) is 30.3 Å². The summed E-state index contributed by atoms with van der Waals surface area (Å²) in [6.45, 7) is 6.53. The van der Waals surface area contributed by atoms with E-state index in [1.54, 1.807) is 19.5 Å². The van der Waals surface area contributed by atoms with E-state index < -0.39 is 0 Å². The van der Waals surface area contributed by atoms with Crippen molar-refractivity contribution >= 4 is 27.8 Å². The van der Waals surface area contributed by atoms with Crippen LogP contribution in [0.25, 0.3) is 33.2 Å². The number of fused-ring (bicyclic) bond motifs is 2. The molecule has 9 nitrogen and oxygen atoms in total. The number of aromatic nitrogens is 5. The van der Waals surface area contributed by atoms with Crippen molar-refractivity contribution in [2.75, 3.05) is 52.2 Å². The van der Waals surface area contributed by atoms with Gasteiger partial charge in [0.05, 0.1) is 11.4 Å². The Balaban J connectivity index is 1.08. The molecule has 3 aromatic heterocycles. The Morgan fingerprint density at radius 2 is 1.77 bits per heavy atom. The molecule has 2 aromatic carbocycles. The van der Waals surface area contributed by atoms with Crippen molar-refractivity contribution in [2.45, 2.75) is 50.6 Å². The first-order valence-corrected chi connectivity index (χ1v) is 15.9. The summed E-state index contributed by atoms with van der Waals surface area (Å²) < 4.78 is 21.6. The Kier molecular flexibility index (Phi) is 8.29. The lowest BCUT2D eigenvalue weighted by molar-refractivity contribution is 0.0662. The first kappa shape index (κ1) is 28.9. The molecule has 0 spiro atoms. The second-order valence-electron chi connectivity index (χ2n) is 12.3. The molecule has 7 rings (SSSR count). The van der Waals surface area contributed by atoms with Crippen LogP contribution in [0.4, 0.5) is 10.2 Å². The van der Waals surface area contributed by atoms with E-state index in [1.807, 2.05) is 12.1 Å². The van der Waals surface area contributed by atoms with Gasteiger partial charge < -0.3 is 20.4 Å². The predicted molar refractivity (Wildman–Crippen MR) is 172 cm³/mol. The summed E-state index contributed by atoms with van der Waals surface area (Å²) in [7, 11) is 1.78. The zero-order chi connectivity index (χ0) is 30.0. The number of hydrogen-bond donors (Lipinski definition) is 2. The van der Waals surface area contributed by atoms with Crippen molar-refractivity contribution in [1.82, 2.24) is 34.5 Å². The fourth-order valence-electron chi connectivity index (χ4n) is 7.18. The number of rotatable bonds is 9. The number of methoxy groups -OCH3 is 1. The lowest BCUT2D eigenvalue weighted by Gasteiger charge is -2.42. The second kappa shape index (κ2) is 12.6. The lowest BCUT2D eigenvalue weighted by atomic mass is 9.90. The van der Waals surface area contributed by atoms with E-state index in [-0.39, 0.29) is 11.9 Å². The number of nitrogens with one attached hydrogen (secondary N) is 1. The predicted octanol–water partition coefficient (Wildman–Crippen LogP) is 5.42. The van der Waals surface area contributed by atoms with Gasteiger partial charge in [-0.05, 0) is 61.3 Å². The minimum absolute atomic E-state index is 0.190. The van der Waals surface area contributed by atoms with Crippen molar-refractivity contribution in [3.8, 4) is 11.3 Å². The third-order valence-corrected chi connectivity index (χ3v) is 9.57. The molecule has 4 heterocycles. The zero-order valence-electron chi connectivity index (χ0n) is 25.4. The molecule has 0 unspecified atom stereocenters.